The van der Waals surface area contributed by atoms with Crippen LogP contribution in [-0.4, -0.2) is 41.2 Å². The Morgan fingerprint density at radius 1 is 0.794 bits per heavy atom. The number of rotatable bonds is 9. The maximum atomic E-state index is 12.9. The monoisotopic (exact) mass is 455 g/mol. The zero-order valence-electron chi connectivity index (χ0n) is 19.1. The van der Waals surface area contributed by atoms with Gasteiger partial charge in [-0.25, -0.2) is 0 Å². The second kappa shape index (κ2) is 9.67. The highest BCUT2D eigenvalue weighted by atomic mass is 16.2. The zero-order valence-corrected chi connectivity index (χ0v) is 19.1. The number of nitrogens with zero attached hydrogens (tertiary/aromatic N) is 1. The van der Waals surface area contributed by atoms with E-state index in [-0.39, 0.29) is 30.2 Å². The van der Waals surface area contributed by atoms with Gasteiger partial charge in [0.1, 0.15) is 0 Å². The fraction of sp³-hybridized carbons (Fsp3) is 0.321. The van der Waals surface area contributed by atoms with Crippen molar-refractivity contribution in [2.75, 3.05) is 6.54 Å². The Morgan fingerprint density at radius 3 is 2.21 bits per heavy atom. The first kappa shape index (κ1) is 22.1. The van der Waals surface area contributed by atoms with Crippen LogP contribution in [0.25, 0.3) is 10.8 Å². The van der Waals surface area contributed by atoms with Crippen molar-refractivity contribution in [2.45, 2.75) is 50.7 Å². The summed E-state index contributed by atoms with van der Waals surface area (Å²) >= 11 is 0. The maximum absolute atomic E-state index is 12.9. The van der Waals surface area contributed by atoms with Crippen LogP contribution in [0.2, 0.25) is 0 Å². The van der Waals surface area contributed by atoms with Gasteiger partial charge in [-0.1, -0.05) is 42.5 Å². The molecule has 0 aliphatic heterocycles. The van der Waals surface area contributed by atoms with E-state index in [1.54, 1.807) is 0 Å². The summed E-state index contributed by atoms with van der Waals surface area (Å²) in [4.78, 5) is 39.6. The van der Waals surface area contributed by atoms with Gasteiger partial charge in [-0.05, 0) is 66.3 Å². The molecule has 0 heterocycles. The number of benzene rings is 3. The summed E-state index contributed by atoms with van der Waals surface area (Å²) in [6, 6.07) is 21.6. The molecule has 3 aromatic carbocycles. The van der Waals surface area contributed by atoms with E-state index >= 15 is 0 Å². The van der Waals surface area contributed by atoms with Crippen LogP contribution >= 0.6 is 0 Å². The van der Waals surface area contributed by atoms with Gasteiger partial charge in [0.2, 0.25) is 5.91 Å². The number of fused-ring (bicyclic) bond motifs is 1. The lowest BCUT2D eigenvalue weighted by atomic mass is 10.1. The number of hydrogen-bond acceptors (Lipinski definition) is 3. The van der Waals surface area contributed by atoms with Crippen molar-refractivity contribution in [3.63, 3.8) is 0 Å². The van der Waals surface area contributed by atoms with Gasteiger partial charge in [0, 0.05) is 42.7 Å². The lowest BCUT2D eigenvalue weighted by Crippen LogP contribution is -2.35. The van der Waals surface area contributed by atoms with Crippen LogP contribution in [0.1, 0.15) is 58.4 Å². The second-order valence-corrected chi connectivity index (χ2v) is 9.27. The smallest absolute Gasteiger partial charge is 0.251 e. The molecular weight excluding hydrogens is 426 g/mol. The minimum Gasteiger partial charge on any atom is -0.352 e. The molecule has 0 spiro atoms. The Kier molecular flexibility index (Phi) is 6.30. The molecule has 5 rings (SSSR count). The molecule has 0 aromatic heterocycles. The number of nitrogens with one attached hydrogen (secondary N) is 2. The Morgan fingerprint density at radius 2 is 1.50 bits per heavy atom. The van der Waals surface area contributed by atoms with Gasteiger partial charge in [0.05, 0.1) is 0 Å². The SMILES string of the molecule is O=C(NCCC(=O)N(Cc1ccc(C(=O)NC2CC2)cc1)C1CC1)c1ccc2ccccc2c1. The first-order valence-electron chi connectivity index (χ1n) is 12.0. The third-order valence-electron chi connectivity index (χ3n) is 6.43. The van der Waals surface area contributed by atoms with E-state index in [9.17, 15) is 14.4 Å². The number of carbonyl (C=O) groups excluding carboxylic acids is 3. The minimum atomic E-state index is -0.170. The molecule has 6 heteroatoms. The predicted molar refractivity (Wildman–Crippen MR) is 131 cm³/mol. The predicted octanol–water partition coefficient (Wildman–Crippen LogP) is 4.04. The molecule has 3 aromatic rings. The van der Waals surface area contributed by atoms with Crippen molar-refractivity contribution >= 4 is 28.5 Å². The Balaban J connectivity index is 1.14. The van der Waals surface area contributed by atoms with Gasteiger partial charge in [0.15, 0.2) is 0 Å². The quantitative estimate of drug-likeness (QED) is 0.511. The third-order valence-corrected chi connectivity index (χ3v) is 6.43. The molecule has 0 bridgehead atoms. The van der Waals surface area contributed by atoms with E-state index in [4.69, 9.17) is 0 Å². The first-order valence-corrected chi connectivity index (χ1v) is 12.0. The largest absolute Gasteiger partial charge is 0.352 e. The average molecular weight is 456 g/mol. The van der Waals surface area contributed by atoms with Gasteiger partial charge in [0.25, 0.3) is 11.8 Å². The topological polar surface area (TPSA) is 78.5 Å². The fourth-order valence-electron chi connectivity index (χ4n) is 4.12. The zero-order chi connectivity index (χ0) is 23.5. The second-order valence-electron chi connectivity index (χ2n) is 9.27. The summed E-state index contributed by atoms with van der Waals surface area (Å²) in [5, 5.41) is 7.98. The lowest BCUT2D eigenvalue weighted by Gasteiger charge is -2.23. The van der Waals surface area contributed by atoms with Crippen molar-refractivity contribution in [3.8, 4) is 0 Å². The minimum absolute atomic E-state index is 0.0358. The van der Waals surface area contributed by atoms with Gasteiger partial charge < -0.3 is 15.5 Å². The molecule has 3 amide bonds. The molecule has 2 aliphatic carbocycles. The summed E-state index contributed by atoms with van der Waals surface area (Å²) in [6.45, 7) is 0.820. The molecule has 34 heavy (non-hydrogen) atoms. The van der Waals surface area contributed by atoms with E-state index in [2.05, 4.69) is 10.6 Å². The standard InChI is InChI=1S/C28H29N3O3/c32-26(15-16-29-27(33)23-10-9-20-3-1-2-4-22(20)17-23)31(25-13-14-25)18-19-5-7-21(8-6-19)28(34)30-24-11-12-24/h1-10,17,24-25H,11-16,18H2,(H,29,33)(H,30,34). The molecule has 0 saturated heterocycles. The molecular formula is C28H29N3O3. The molecule has 0 unspecified atom stereocenters. The van der Waals surface area contributed by atoms with Crippen LogP contribution in [0.3, 0.4) is 0 Å². The Hall–Kier alpha value is -3.67. The van der Waals surface area contributed by atoms with Crippen molar-refractivity contribution in [1.82, 2.24) is 15.5 Å². The highest BCUT2D eigenvalue weighted by Gasteiger charge is 2.32. The molecule has 6 nitrogen and oxygen atoms in total. The number of amides is 3. The maximum Gasteiger partial charge on any atom is 0.251 e. The van der Waals surface area contributed by atoms with Crippen molar-refractivity contribution in [2.24, 2.45) is 0 Å². The summed E-state index contributed by atoms with van der Waals surface area (Å²) in [7, 11) is 0. The molecule has 174 valence electrons. The van der Waals surface area contributed by atoms with E-state index in [0.717, 1.165) is 42.0 Å². The van der Waals surface area contributed by atoms with Gasteiger partial charge in [-0.15, -0.1) is 0 Å². The van der Waals surface area contributed by atoms with E-state index in [0.29, 0.717) is 30.3 Å². The highest BCUT2D eigenvalue weighted by Crippen LogP contribution is 2.29. The van der Waals surface area contributed by atoms with Crippen LogP contribution in [0, 0.1) is 0 Å². The van der Waals surface area contributed by atoms with Crippen molar-refractivity contribution in [1.29, 1.82) is 0 Å². The first-order chi connectivity index (χ1) is 16.6. The number of carbonyl (C=O) groups is 3. The third kappa shape index (κ3) is 5.45. The summed E-state index contributed by atoms with van der Waals surface area (Å²) in [5.74, 6) is -0.167. The van der Waals surface area contributed by atoms with E-state index in [1.165, 1.54) is 0 Å². The van der Waals surface area contributed by atoms with Crippen LogP contribution in [0.4, 0.5) is 0 Å². The fourth-order valence-corrected chi connectivity index (χ4v) is 4.12. The van der Waals surface area contributed by atoms with Gasteiger partial charge >= 0.3 is 0 Å². The lowest BCUT2D eigenvalue weighted by molar-refractivity contribution is -0.132. The highest BCUT2D eigenvalue weighted by molar-refractivity contribution is 5.98. The van der Waals surface area contributed by atoms with Crippen LogP contribution in [0.5, 0.6) is 0 Å². The molecule has 2 fully saturated rings. The molecule has 0 atom stereocenters. The molecule has 2 aliphatic rings. The average Bonchev–Trinajstić information content (AvgIpc) is 3.78. The summed E-state index contributed by atoms with van der Waals surface area (Å²) in [6.07, 6.45) is 4.40. The summed E-state index contributed by atoms with van der Waals surface area (Å²) in [5.41, 5.74) is 2.25. The van der Waals surface area contributed by atoms with Crippen molar-refractivity contribution < 1.29 is 14.4 Å². The van der Waals surface area contributed by atoms with E-state index < -0.39 is 0 Å². The van der Waals surface area contributed by atoms with Crippen LogP contribution < -0.4 is 10.6 Å². The molecule has 2 saturated carbocycles. The van der Waals surface area contributed by atoms with Gasteiger partial charge in [-0.2, -0.15) is 0 Å². The van der Waals surface area contributed by atoms with E-state index in [1.807, 2.05) is 71.6 Å². The Bertz CT molecular complexity index is 1210. The summed E-state index contributed by atoms with van der Waals surface area (Å²) < 4.78 is 0. The van der Waals surface area contributed by atoms with Gasteiger partial charge in [-0.3, -0.25) is 14.4 Å². The number of hydrogen-bond donors (Lipinski definition) is 2. The van der Waals surface area contributed by atoms with Crippen LogP contribution in [-0.2, 0) is 11.3 Å². The van der Waals surface area contributed by atoms with Crippen LogP contribution in [0.15, 0.2) is 66.7 Å². The Labute approximate surface area is 199 Å². The molecule has 0 radical (unpaired) electrons. The molecule has 2 N–H and O–H groups in total. The normalized spacial score (nSPS) is 15.1. The van der Waals surface area contributed by atoms with Crippen molar-refractivity contribution in [3.05, 3.63) is 83.4 Å².